The van der Waals surface area contributed by atoms with Gasteiger partial charge >= 0.3 is 5.97 Å². The maximum Gasteiger partial charge on any atom is 0.303 e. The van der Waals surface area contributed by atoms with Crippen LogP contribution in [0.5, 0.6) is 11.5 Å². The van der Waals surface area contributed by atoms with Crippen molar-refractivity contribution in [3.63, 3.8) is 0 Å². The van der Waals surface area contributed by atoms with Crippen molar-refractivity contribution >= 4 is 16.1 Å². The van der Waals surface area contributed by atoms with Crippen molar-refractivity contribution in [1.29, 1.82) is 0 Å². The molecule has 2 unspecified atom stereocenters. The molecule has 0 fully saturated rings. The zero-order chi connectivity index (χ0) is 26.4. The summed E-state index contributed by atoms with van der Waals surface area (Å²) in [4.78, 5) is 12.0. The minimum atomic E-state index is -3.54. The van der Waals surface area contributed by atoms with Crippen LogP contribution in [0.4, 0.5) is 0 Å². The molecule has 0 spiro atoms. The van der Waals surface area contributed by atoms with Crippen LogP contribution in [-0.2, 0) is 36.7 Å². The highest BCUT2D eigenvalue weighted by atomic mass is 32.2. The molecule has 0 saturated heterocycles. The second-order valence-electron chi connectivity index (χ2n) is 10.1. The molecule has 0 radical (unpaired) electrons. The molecule has 0 bridgehead atoms. The van der Waals surface area contributed by atoms with Gasteiger partial charge in [-0.15, -0.1) is 0 Å². The van der Waals surface area contributed by atoms with E-state index >= 15 is 0 Å². The maximum atomic E-state index is 12.0. The molecule has 1 heterocycles. The Hall–Kier alpha value is -2.58. The Morgan fingerprint density at radius 2 is 1.83 bits per heavy atom. The van der Waals surface area contributed by atoms with Crippen molar-refractivity contribution in [3.05, 3.63) is 59.7 Å². The zero-order valence-corrected chi connectivity index (χ0v) is 22.7. The van der Waals surface area contributed by atoms with Crippen LogP contribution in [0.2, 0.25) is 0 Å². The van der Waals surface area contributed by atoms with Gasteiger partial charge in [-0.3, -0.25) is 8.98 Å². The van der Waals surface area contributed by atoms with Gasteiger partial charge in [0.05, 0.1) is 19.0 Å². The predicted molar refractivity (Wildman–Crippen MR) is 139 cm³/mol. The Balaban J connectivity index is 1.66. The summed E-state index contributed by atoms with van der Waals surface area (Å²) in [5, 5.41) is 0. The van der Waals surface area contributed by atoms with Crippen LogP contribution < -0.4 is 9.47 Å². The van der Waals surface area contributed by atoms with Gasteiger partial charge < -0.3 is 14.2 Å². The summed E-state index contributed by atoms with van der Waals surface area (Å²) in [6.45, 7) is 7.22. The molecule has 1 aliphatic heterocycles. The predicted octanol–water partition coefficient (Wildman–Crippen LogP) is 5.25. The third kappa shape index (κ3) is 7.71. The van der Waals surface area contributed by atoms with E-state index in [-0.39, 0.29) is 12.7 Å². The summed E-state index contributed by atoms with van der Waals surface area (Å²) in [5.74, 6) is 1.02. The monoisotopic (exact) mass is 518 g/mol. The lowest BCUT2D eigenvalue weighted by Gasteiger charge is -2.49. The summed E-state index contributed by atoms with van der Waals surface area (Å²) in [7, 11) is -3.54. The van der Waals surface area contributed by atoms with Crippen LogP contribution in [0.15, 0.2) is 48.5 Å². The number of rotatable bonds is 12. The number of carbonyl (C=O) groups is 1. The van der Waals surface area contributed by atoms with E-state index in [0.717, 1.165) is 36.8 Å². The van der Waals surface area contributed by atoms with E-state index in [9.17, 15) is 13.2 Å². The number of hydrogen-bond donors (Lipinski definition) is 0. The van der Waals surface area contributed by atoms with E-state index in [1.54, 1.807) is 0 Å². The number of ether oxygens (including phenoxy) is 3. The minimum Gasteiger partial charge on any atom is -0.491 e. The van der Waals surface area contributed by atoms with Crippen LogP contribution in [-0.4, -0.2) is 44.6 Å². The molecule has 3 rings (SSSR count). The second-order valence-corrected chi connectivity index (χ2v) is 11.7. The zero-order valence-electron chi connectivity index (χ0n) is 21.9. The van der Waals surface area contributed by atoms with Crippen molar-refractivity contribution in [3.8, 4) is 11.5 Å². The minimum absolute atomic E-state index is 0.0136. The second kappa shape index (κ2) is 11.6. The molecule has 0 aliphatic carbocycles. The fourth-order valence-corrected chi connectivity index (χ4v) is 5.13. The molecule has 2 aromatic carbocycles. The number of aryl methyl sites for hydroxylation is 1. The van der Waals surface area contributed by atoms with E-state index in [1.165, 1.54) is 12.5 Å². The third-order valence-corrected chi connectivity index (χ3v) is 7.19. The Kier molecular flexibility index (Phi) is 9.06. The van der Waals surface area contributed by atoms with Crippen molar-refractivity contribution in [1.82, 2.24) is 0 Å². The molecule has 198 valence electrons. The van der Waals surface area contributed by atoms with Crippen LogP contribution >= 0.6 is 0 Å². The molecule has 0 saturated carbocycles. The van der Waals surface area contributed by atoms with Gasteiger partial charge in [0.1, 0.15) is 17.1 Å². The lowest BCUT2D eigenvalue weighted by atomic mass is 9.75. The molecule has 1 aliphatic rings. The van der Waals surface area contributed by atoms with E-state index in [1.807, 2.05) is 38.1 Å². The van der Waals surface area contributed by atoms with Crippen LogP contribution in [0.3, 0.4) is 0 Å². The summed E-state index contributed by atoms with van der Waals surface area (Å²) < 4.78 is 45.9. The Labute approximate surface area is 215 Å². The highest BCUT2D eigenvalue weighted by Gasteiger charge is 2.53. The first-order valence-corrected chi connectivity index (χ1v) is 14.3. The van der Waals surface area contributed by atoms with Gasteiger partial charge in [0.15, 0.2) is 5.60 Å². The summed E-state index contributed by atoms with van der Waals surface area (Å²) in [6.07, 6.45) is 5.29. The van der Waals surface area contributed by atoms with Crippen molar-refractivity contribution in [2.75, 3.05) is 12.9 Å². The Morgan fingerprint density at radius 1 is 1.11 bits per heavy atom. The quantitative estimate of drug-likeness (QED) is 0.215. The molecular weight excluding hydrogens is 480 g/mol. The van der Waals surface area contributed by atoms with E-state index in [2.05, 4.69) is 31.2 Å². The van der Waals surface area contributed by atoms with Crippen molar-refractivity contribution < 1.29 is 31.6 Å². The average molecular weight is 519 g/mol. The van der Waals surface area contributed by atoms with Gasteiger partial charge in [-0.2, -0.15) is 8.42 Å². The lowest BCUT2D eigenvalue weighted by Crippen LogP contribution is -2.60. The Morgan fingerprint density at radius 3 is 2.50 bits per heavy atom. The van der Waals surface area contributed by atoms with Gasteiger partial charge in [0.25, 0.3) is 10.1 Å². The number of fused-ring (bicyclic) bond motifs is 1. The molecular formula is C28H38O7S. The van der Waals surface area contributed by atoms with Crippen LogP contribution in [0.25, 0.3) is 0 Å². The highest BCUT2D eigenvalue weighted by Crippen LogP contribution is 2.45. The topological polar surface area (TPSA) is 88.1 Å². The van der Waals surface area contributed by atoms with Gasteiger partial charge in [0, 0.05) is 19.4 Å². The van der Waals surface area contributed by atoms with Gasteiger partial charge in [-0.1, -0.05) is 36.4 Å². The molecule has 36 heavy (non-hydrogen) atoms. The van der Waals surface area contributed by atoms with Gasteiger partial charge in [-0.25, -0.2) is 0 Å². The molecule has 8 heteroatoms. The number of benzene rings is 2. The number of esters is 1. The smallest absolute Gasteiger partial charge is 0.303 e. The van der Waals surface area contributed by atoms with Gasteiger partial charge in [-0.05, 0) is 70.1 Å². The Bertz CT molecular complexity index is 1130. The largest absolute Gasteiger partial charge is 0.491 e. The highest BCUT2D eigenvalue weighted by molar-refractivity contribution is 7.85. The summed E-state index contributed by atoms with van der Waals surface area (Å²) in [6, 6.07) is 16.2. The van der Waals surface area contributed by atoms with E-state index in [4.69, 9.17) is 18.4 Å². The van der Waals surface area contributed by atoms with E-state index < -0.39 is 27.3 Å². The summed E-state index contributed by atoms with van der Waals surface area (Å²) in [5.41, 5.74) is 0.424. The fourth-order valence-electron chi connectivity index (χ4n) is 4.71. The molecule has 2 atom stereocenters. The molecule has 2 aromatic rings. The fraction of sp³-hybridized carbons (Fsp3) is 0.536. The maximum absolute atomic E-state index is 12.0. The third-order valence-electron chi connectivity index (χ3n) is 6.59. The SMILES string of the molecule is CC(=O)OC1(CCCOS(C)(=O)=O)Cc2ccc(OC(C)CCCc3ccccc3)cc2OC1(C)C. The van der Waals surface area contributed by atoms with Crippen LogP contribution in [0.1, 0.15) is 64.5 Å². The van der Waals surface area contributed by atoms with Crippen molar-refractivity contribution in [2.24, 2.45) is 0 Å². The van der Waals surface area contributed by atoms with E-state index in [0.29, 0.717) is 25.0 Å². The first-order chi connectivity index (χ1) is 16.9. The van der Waals surface area contributed by atoms with Crippen molar-refractivity contribution in [2.45, 2.75) is 83.5 Å². The summed E-state index contributed by atoms with van der Waals surface area (Å²) >= 11 is 0. The van der Waals surface area contributed by atoms with Gasteiger partial charge in [0.2, 0.25) is 0 Å². The first kappa shape index (κ1) is 28.0. The molecule has 0 aromatic heterocycles. The average Bonchev–Trinajstić information content (AvgIpc) is 2.77. The molecule has 7 nitrogen and oxygen atoms in total. The first-order valence-electron chi connectivity index (χ1n) is 12.5. The normalized spacial score (nSPS) is 19.6. The molecule has 0 N–H and O–H groups in total. The lowest BCUT2D eigenvalue weighted by molar-refractivity contribution is -0.189. The van der Waals surface area contributed by atoms with Crippen LogP contribution in [0, 0.1) is 0 Å². The number of hydrogen-bond acceptors (Lipinski definition) is 7. The standard InChI is InChI=1S/C28H38O7S/c1-21(11-9-14-23-12-7-6-8-13-23)33-25-16-15-24-20-28(34-22(2)29,17-10-18-32-36(5,30)31)27(3,4)35-26(24)19-25/h6-8,12-13,15-16,19,21H,9-11,14,17-18,20H2,1-5H3. The molecule has 0 amide bonds. The number of carbonyl (C=O) groups excluding carboxylic acids is 1.